The molecule has 1 aliphatic heterocycles. The van der Waals surface area contributed by atoms with Crippen LogP contribution in [0.25, 0.3) is 11.0 Å². The minimum absolute atomic E-state index is 0.0404. The van der Waals surface area contributed by atoms with E-state index in [0.29, 0.717) is 17.2 Å². The van der Waals surface area contributed by atoms with E-state index in [1.807, 2.05) is 35.8 Å². The van der Waals surface area contributed by atoms with Gasteiger partial charge in [0.2, 0.25) is 5.95 Å². The number of benzene rings is 2. The van der Waals surface area contributed by atoms with Gasteiger partial charge in [0, 0.05) is 5.70 Å². The first kappa shape index (κ1) is 18.9. The van der Waals surface area contributed by atoms with Crippen LogP contribution in [-0.2, 0) is 9.53 Å². The summed E-state index contributed by atoms with van der Waals surface area (Å²) < 4.78 is 21.6. The number of carbonyl (C=O) groups excluding carboxylic acids is 1. The summed E-state index contributed by atoms with van der Waals surface area (Å²) in [5.41, 5.74) is 3.82. The fraction of sp³-hybridized carbons (Fsp3) is 0.333. The molecule has 1 aromatic heterocycles. The quantitative estimate of drug-likeness (QED) is 0.598. The van der Waals surface area contributed by atoms with E-state index >= 15 is 0 Å². The summed E-state index contributed by atoms with van der Waals surface area (Å²) in [5, 5.41) is 3.29. The second-order valence-electron chi connectivity index (χ2n) is 8.08. The molecule has 0 saturated heterocycles. The Morgan fingerprint density at radius 2 is 1.83 bits per heavy atom. The molecule has 0 spiro atoms. The van der Waals surface area contributed by atoms with E-state index in [4.69, 9.17) is 9.72 Å². The van der Waals surface area contributed by atoms with Gasteiger partial charge in [-0.2, -0.15) is 0 Å². The molecule has 1 aliphatic carbocycles. The Kier molecular flexibility index (Phi) is 4.77. The number of hydrogen-bond acceptors (Lipinski definition) is 4. The number of esters is 1. The number of imidazole rings is 1. The van der Waals surface area contributed by atoms with E-state index in [9.17, 15) is 9.18 Å². The number of allylic oxidation sites excluding steroid dienone is 1. The Bertz CT molecular complexity index is 1130. The molecule has 3 aromatic rings. The summed E-state index contributed by atoms with van der Waals surface area (Å²) in [6, 6.07) is 13.7. The topological polar surface area (TPSA) is 56.2 Å². The molecule has 5 nitrogen and oxygen atoms in total. The number of rotatable bonds is 3. The predicted octanol–water partition coefficient (Wildman–Crippen LogP) is 5.34. The third kappa shape index (κ3) is 3.26. The molecule has 154 valence electrons. The fourth-order valence-corrected chi connectivity index (χ4v) is 4.59. The van der Waals surface area contributed by atoms with Crippen LogP contribution >= 0.6 is 0 Å². The molecule has 6 heteroatoms. The average molecular weight is 405 g/mol. The van der Waals surface area contributed by atoms with Crippen molar-refractivity contribution in [3.63, 3.8) is 0 Å². The molecule has 0 amide bonds. The van der Waals surface area contributed by atoms with Crippen LogP contribution in [0.2, 0.25) is 0 Å². The Morgan fingerprint density at radius 1 is 1.10 bits per heavy atom. The first-order valence-corrected chi connectivity index (χ1v) is 10.5. The standard InChI is InChI=1S/C24H24FN3O2/c1-15-21(23(29)30-18-7-3-2-4-8-18)22(16-11-13-17(25)14-12-16)28-20-10-6-5-9-19(20)27-24(28)26-15/h5-6,9-14,18,22H,2-4,7-8H2,1H3,(H,26,27)/t22-/m0/s1. The third-order valence-corrected chi connectivity index (χ3v) is 6.06. The second kappa shape index (κ2) is 7.59. The normalized spacial score (nSPS) is 19.5. The van der Waals surface area contributed by atoms with E-state index in [1.54, 1.807) is 12.1 Å². The zero-order chi connectivity index (χ0) is 20.7. The maximum absolute atomic E-state index is 13.6. The van der Waals surface area contributed by atoms with E-state index in [1.165, 1.54) is 18.6 Å². The highest BCUT2D eigenvalue weighted by Gasteiger charge is 2.36. The molecule has 1 saturated carbocycles. The Morgan fingerprint density at radius 3 is 2.60 bits per heavy atom. The summed E-state index contributed by atoms with van der Waals surface area (Å²) in [5.74, 6) is 0.0392. The zero-order valence-electron chi connectivity index (χ0n) is 16.9. The lowest BCUT2D eigenvalue weighted by molar-refractivity contribution is -0.146. The minimum atomic E-state index is -0.439. The Labute approximate surface area is 174 Å². The molecule has 1 atom stereocenters. The molecule has 30 heavy (non-hydrogen) atoms. The van der Waals surface area contributed by atoms with Gasteiger partial charge in [0.1, 0.15) is 11.9 Å². The van der Waals surface area contributed by atoms with Gasteiger partial charge in [-0.15, -0.1) is 0 Å². The first-order chi connectivity index (χ1) is 14.6. The summed E-state index contributed by atoms with van der Waals surface area (Å²) in [7, 11) is 0. The number of hydrogen-bond donors (Lipinski definition) is 1. The summed E-state index contributed by atoms with van der Waals surface area (Å²) >= 11 is 0. The highest BCUT2D eigenvalue weighted by atomic mass is 19.1. The fourth-order valence-electron chi connectivity index (χ4n) is 4.59. The Hall–Kier alpha value is -3.15. The van der Waals surface area contributed by atoms with Crippen molar-refractivity contribution in [1.82, 2.24) is 9.55 Å². The smallest absolute Gasteiger partial charge is 0.338 e. The monoisotopic (exact) mass is 405 g/mol. The summed E-state index contributed by atoms with van der Waals surface area (Å²) in [6.07, 6.45) is 5.15. The van der Waals surface area contributed by atoms with E-state index in [2.05, 4.69) is 5.32 Å². The van der Waals surface area contributed by atoms with Crippen molar-refractivity contribution in [2.24, 2.45) is 0 Å². The number of ether oxygens (including phenoxy) is 1. The first-order valence-electron chi connectivity index (χ1n) is 10.5. The number of para-hydroxylation sites is 2. The van der Waals surface area contributed by atoms with Gasteiger partial charge in [0.15, 0.2) is 0 Å². The summed E-state index contributed by atoms with van der Waals surface area (Å²) in [6.45, 7) is 1.87. The van der Waals surface area contributed by atoms with Gasteiger partial charge in [-0.1, -0.05) is 30.7 Å². The molecule has 2 aliphatic rings. The molecule has 1 fully saturated rings. The maximum Gasteiger partial charge on any atom is 0.338 e. The van der Waals surface area contributed by atoms with E-state index in [0.717, 1.165) is 42.3 Å². The number of nitrogens with zero attached hydrogens (tertiary/aromatic N) is 2. The molecule has 0 unspecified atom stereocenters. The van der Waals surface area contributed by atoms with Crippen LogP contribution in [-0.4, -0.2) is 21.6 Å². The minimum Gasteiger partial charge on any atom is -0.459 e. The van der Waals surface area contributed by atoms with Crippen LogP contribution in [0, 0.1) is 5.82 Å². The van der Waals surface area contributed by atoms with Crippen LogP contribution < -0.4 is 5.32 Å². The highest BCUT2D eigenvalue weighted by Crippen LogP contribution is 2.40. The number of fused-ring (bicyclic) bond motifs is 3. The van der Waals surface area contributed by atoms with Gasteiger partial charge in [-0.05, 0) is 62.4 Å². The van der Waals surface area contributed by atoms with Crippen molar-refractivity contribution in [2.45, 2.75) is 51.2 Å². The average Bonchev–Trinajstić information content (AvgIpc) is 3.12. The Balaban J connectivity index is 1.62. The van der Waals surface area contributed by atoms with Crippen LogP contribution in [0.1, 0.15) is 50.6 Å². The molecular formula is C24H24FN3O2. The van der Waals surface area contributed by atoms with Gasteiger partial charge in [-0.3, -0.25) is 4.57 Å². The number of halogens is 1. The third-order valence-electron chi connectivity index (χ3n) is 6.06. The zero-order valence-corrected chi connectivity index (χ0v) is 16.9. The van der Waals surface area contributed by atoms with Crippen molar-refractivity contribution >= 4 is 23.0 Å². The largest absolute Gasteiger partial charge is 0.459 e. The molecule has 0 bridgehead atoms. The van der Waals surface area contributed by atoms with Gasteiger partial charge < -0.3 is 10.1 Å². The number of aromatic nitrogens is 2. The maximum atomic E-state index is 13.6. The van der Waals surface area contributed by atoms with E-state index < -0.39 is 6.04 Å². The second-order valence-corrected chi connectivity index (χ2v) is 8.08. The molecule has 2 aromatic carbocycles. The number of anilines is 1. The highest BCUT2D eigenvalue weighted by molar-refractivity contribution is 5.94. The molecule has 0 radical (unpaired) electrons. The lowest BCUT2D eigenvalue weighted by Gasteiger charge is -2.31. The summed E-state index contributed by atoms with van der Waals surface area (Å²) in [4.78, 5) is 18.1. The van der Waals surface area contributed by atoms with Crippen molar-refractivity contribution in [1.29, 1.82) is 0 Å². The number of nitrogens with one attached hydrogen (secondary N) is 1. The van der Waals surface area contributed by atoms with Crippen molar-refractivity contribution < 1.29 is 13.9 Å². The van der Waals surface area contributed by atoms with Crippen LogP contribution in [0.5, 0.6) is 0 Å². The van der Waals surface area contributed by atoms with Crippen LogP contribution in [0.15, 0.2) is 59.8 Å². The van der Waals surface area contributed by atoms with Gasteiger partial charge in [-0.25, -0.2) is 14.2 Å². The van der Waals surface area contributed by atoms with Crippen LogP contribution in [0.4, 0.5) is 10.3 Å². The van der Waals surface area contributed by atoms with Crippen molar-refractivity contribution in [2.75, 3.05) is 5.32 Å². The van der Waals surface area contributed by atoms with Crippen molar-refractivity contribution in [3.8, 4) is 0 Å². The lowest BCUT2D eigenvalue weighted by atomic mass is 9.94. The predicted molar refractivity (Wildman–Crippen MR) is 114 cm³/mol. The molecule has 5 rings (SSSR count). The van der Waals surface area contributed by atoms with Gasteiger partial charge in [0.05, 0.1) is 22.6 Å². The van der Waals surface area contributed by atoms with Crippen LogP contribution in [0.3, 0.4) is 0 Å². The molecular weight excluding hydrogens is 381 g/mol. The molecule has 1 N–H and O–H groups in total. The van der Waals surface area contributed by atoms with Gasteiger partial charge in [0.25, 0.3) is 0 Å². The SMILES string of the molecule is CC1=C(C(=O)OC2CCCCC2)[C@H](c2ccc(F)cc2)n2c(nc3ccccc32)N1. The van der Waals surface area contributed by atoms with E-state index in [-0.39, 0.29) is 17.9 Å². The lowest BCUT2D eigenvalue weighted by Crippen LogP contribution is -2.31. The molecule has 2 heterocycles. The van der Waals surface area contributed by atoms with Crippen molar-refractivity contribution in [3.05, 3.63) is 71.2 Å². The van der Waals surface area contributed by atoms with Gasteiger partial charge >= 0.3 is 5.97 Å². The number of carbonyl (C=O) groups is 1.